The van der Waals surface area contributed by atoms with Crippen LogP contribution in [-0.4, -0.2) is 39.7 Å². The molecule has 1 N–H and O–H groups in total. The van der Waals surface area contributed by atoms with Crippen molar-refractivity contribution in [1.29, 1.82) is 0 Å². The summed E-state index contributed by atoms with van der Waals surface area (Å²) >= 11 is 0. The molecule has 2 rings (SSSR count). The van der Waals surface area contributed by atoms with Crippen LogP contribution < -0.4 is 9.62 Å². The molecule has 156 valence electrons. The number of carbonyl (C=O) groups is 2. The molecule has 0 spiro atoms. The van der Waals surface area contributed by atoms with Crippen molar-refractivity contribution in [2.24, 2.45) is 0 Å². The Morgan fingerprint density at radius 3 is 2.07 bits per heavy atom. The van der Waals surface area contributed by atoms with E-state index in [1.54, 1.807) is 31.2 Å². The lowest BCUT2D eigenvalue weighted by Gasteiger charge is -2.30. The van der Waals surface area contributed by atoms with Crippen molar-refractivity contribution in [2.75, 3.05) is 23.0 Å². The molecule has 0 bridgehead atoms. The number of esters is 1. The van der Waals surface area contributed by atoms with Gasteiger partial charge in [0.05, 0.1) is 24.6 Å². The monoisotopic (exact) mass is 418 g/mol. The number of rotatable bonds is 7. The van der Waals surface area contributed by atoms with Gasteiger partial charge in [-0.2, -0.15) is 0 Å². The summed E-state index contributed by atoms with van der Waals surface area (Å²) in [6.07, 6.45) is 1.37. The van der Waals surface area contributed by atoms with Crippen LogP contribution >= 0.6 is 0 Å². The Kier molecular flexibility index (Phi) is 7.02. The molecule has 0 fully saturated rings. The minimum Gasteiger partial charge on any atom is -0.465 e. The summed E-state index contributed by atoms with van der Waals surface area (Å²) in [5.74, 6) is -0.935. The first-order valence-corrected chi connectivity index (χ1v) is 11.0. The normalized spacial score (nSPS) is 12.2. The minimum atomic E-state index is -3.71. The van der Waals surface area contributed by atoms with Gasteiger partial charge < -0.3 is 10.1 Å². The molecular formula is C21H26N2O5S. The maximum absolute atomic E-state index is 12.9. The van der Waals surface area contributed by atoms with Crippen LogP contribution in [0.4, 0.5) is 11.4 Å². The number of hydrogen-bond donors (Lipinski definition) is 1. The molecule has 29 heavy (non-hydrogen) atoms. The van der Waals surface area contributed by atoms with E-state index >= 15 is 0 Å². The second-order valence-electron chi connectivity index (χ2n) is 6.89. The Morgan fingerprint density at radius 2 is 1.62 bits per heavy atom. The number of methoxy groups -OCH3 is 1. The van der Waals surface area contributed by atoms with E-state index < -0.39 is 27.9 Å². The average molecular weight is 419 g/mol. The van der Waals surface area contributed by atoms with Crippen molar-refractivity contribution in [3.05, 3.63) is 59.2 Å². The molecule has 0 saturated heterocycles. The lowest BCUT2D eigenvalue weighted by molar-refractivity contribution is -0.117. The van der Waals surface area contributed by atoms with Crippen LogP contribution in [0.3, 0.4) is 0 Å². The number of nitrogens with one attached hydrogen (secondary N) is 1. The highest BCUT2D eigenvalue weighted by atomic mass is 32.2. The average Bonchev–Trinajstić information content (AvgIpc) is 2.63. The van der Waals surface area contributed by atoms with Crippen LogP contribution in [0.25, 0.3) is 0 Å². The van der Waals surface area contributed by atoms with E-state index in [4.69, 9.17) is 0 Å². The van der Waals surface area contributed by atoms with Crippen LogP contribution in [0.15, 0.2) is 42.5 Å². The molecule has 7 nitrogen and oxygen atoms in total. The van der Waals surface area contributed by atoms with Crippen molar-refractivity contribution >= 4 is 33.3 Å². The quantitative estimate of drug-likeness (QED) is 0.697. The molecular weight excluding hydrogens is 392 g/mol. The zero-order valence-corrected chi connectivity index (χ0v) is 18.0. The predicted octanol–water partition coefficient (Wildman–Crippen LogP) is 3.27. The third kappa shape index (κ3) is 5.57. The number of aryl methyl sites for hydroxylation is 2. The van der Waals surface area contributed by atoms with Gasteiger partial charge >= 0.3 is 5.97 Å². The van der Waals surface area contributed by atoms with Crippen LogP contribution in [-0.2, 0) is 19.6 Å². The number of carbonyl (C=O) groups excluding carboxylic acids is 2. The summed E-state index contributed by atoms with van der Waals surface area (Å²) in [6, 6.07) is 10.7. The van der Waals surface area contributed by atoms with Gasteiger partial charge in [0.1, 0.15) is 6.04 Å². The smallest absolute Gasteiger partial charge is 0.337 e. The largest absolute Gasteiger partial charge is 0.465 e. The van der Waals surface area contributed by atoms with E-state index in [0.717, 1.165) is 21.7 Å². The molecule has 0 heterocycles. The highest BCUT2D eigenvalue weighted by Crippen LogP contribution is 2.26. The van der Waals surface area contributed by atoms with E-state index in [1.165, 1.54) is 19.2 Å². The van der Waals surface area contributed by atoms with E-state index in [1.807, 2.05) is 19.9 Å². The number of anilines is 2. The Bertz CT molecular complexity index is 980. The highest BCUT2D eigenvalue weighted by Gasteiger charge is 2.31. The molecule has 2 aromatic carbocycles. The molecule has 0 aliphatic heterocycles. The second kappa shape index (κ2) is 9.09. The van der Waals surface area contributed by atoms with Gasteiger partial charge in [0.15, 0.2) is 0 Å². The molecule has 8 heteroatoms. The van der Waals surface area contributed by atoms with Gasteiger partial charge in [-0.1, -0.05) is 13.0 Å². The van der Waals surface area contributed by atoms with E-state index in [2.05, 4.69) is 10.1 Å². The first-order chi connectivity index (χ1) is 13.6. The standard InChI is InChI=1S/C21H26N2O5S/c1-6-19(20(24)22-17-9-7-16(8-10-17)21(25)28-4)23(29(5,26)27)18-12-14(2)11-15(3)13-18/h7-13,19H,6H2,1-5H3,(H,22,24)/t19-/m1/s1. The Labute approximate surface area is 171 Å². The zero-order chi connectivity index (χ0) is 21.8. The number of amides is 1. The maximum Gasteiger partial charge on any atom is 0.337 e. The molecule has 2 aromatic rings. The van der Waals surface area contributed by atoms with Crippen molar-refractivity contribution < 1.29 is 22.7 Å². The molecule has 0 radical (unpaired) electrons. The number of ether oxygens (including phenoxy) is 1. The summed E-state index contributed by atoms with van der Waals surface area (Å²) in [5.41, 5.74) is 3.07. The van der Waals surface area contributed by atoms with Crippen LogP contribution in [0.2, 0.25) is 0 Å². The first-order valence-electron chi connectivity index (χ1n) is 9.13. The first kappa shape index (κ1) is 22.4. The van der Waals surface area contributed by atoms with Crippen LogP contribution in [0.5, 0.6) is 0 Å². The minimum absolute atomic E-state index is 0.284. The van der Waals surface area contributed by atoms with Gasteiger partial charge in [0.2, 0.25) is 15.9 Å². The SMILES string of the molecule is CC[C@H](C(=O)Nc1ccc(C(=O)OC)cc1)N(c1cc(C)cc(C)c1)S(C)(=O)=O. The summed E-state index contributed by atoms with van der Waals surface area (Å²) in [4.78, 5) is 24.5. The molecule has 0 aliphatic carbocycles. The van der Waals surface area contributed by atoms with Crippen LogP contribution in [0, 0.1) is 13.8 Å². The topological polar surface area (TPSA) is 92.8 Å². The summed E-state index contributed by atoms with van der Waals surface area (Å²) in [7, 11) is -2.42. The lowest BCUT2D eigenvalue weighted by Crippen LogP contribution is -2.47. The fraction of sp³-hybridized carbons (Fsp3) is 0.333. The third-order valence-electron chi connectivity index (χ3n) is 4.36. The molecule has 1 amide bonds. The predicted molar refractivity (Wildman–Crippen MR) is 114 cm³/mol. The van der Waals surface area contributed by atoms with Gasteiger partial charge in [0, 0.05) is 5.69 Å². The van der Waals surface area contributed by atoms with Crippen molar-refractivity contribution in [1.82, 2.24) is 0 Å². The summed E-state index contributed by atoms with van der Waals surface area (Å²) < 4.78 is 30.9. The Balaban J connectivity index is 2.34. The highest BCUT2D eigenvalue weighted by molar-refractivity contribution is 7.92. The molecule has 0 unspecified atom stereocenters. The van der Waals surface area contributed by atoms with E-state index in [-0.39, 0.29) is 6.42 Å². The summed E-state index contributed by atoms with van der Waals surface area (Å²) in [6.45, 7) is 5.51. The summed E-state index contributed by atoms with van der Waals surface area (Å²) in [5, 5.41) is 2.73. The number of benzene rings is 2. The molecule has 0 saturated carbocycles. The van der Waals surface area contributed by atoms with Gasteiger partial charge in [-0.3, -0.25) is 9.10 Å². The number of nitrogens with zero attached hydrogens (tertiary/aromatic N) is 1. The number of sulfonamides is 1. The van der Waals surface area contributed by atoms with Gasteiger partial charge in [0.25, 0.3) is 0 Å². The second-order valence-corrected chi connectivity index (χ2v) is 8.75. The van der Waals surface area contributed by atoms with E-state index in [0.29, 0.717) is 16.9 Å². The van der Waals surface area contributed by atoms with Crippen molar-refractivity contribution in [2.45, 2.75) is 33.2 Å². The van der Waals surface area contributed by atoms with Gasteiger partial charge in [-0.25, -0.2) is 13.2 Å². The zero-order valence-electron chi connectivity index (χ0n) is 17.2. The molecule has 1 atom stereocenters. The maximum atomic E-state index is 12.9. The Morgan fingerprint density at radius 1 is 1.07 bits per heavy atom. The third-order valence-corrected chi connectivity index (χ3v) is 5.54. The van der Waals surface area contributed by atoms with Gasteiger partial charge in [-0.15, -0.1) is 0 Å². The molecule has 0 aromatic heterocycles. The number of hydrogen-bond acceptors (Lipinski definition) is 5. The van der Waals surface area contributed by atoms with Crippen LogP contribution in [0.1, 0.15) is 34.8 Å². The van der Waals surface area contributed by atoms with Crippen molar-refractivity contribution in [3.63, 3.8) is 0 Å². The Hall–Kier alpha value is -2.87. The molecule has 0 aliphatic rings. The lowest BCUT2D eigenvalue weighted by atomic mass is 10.1. The van der Waals surface area contributed by atoms with Gasteiger partial charge in [-0.05, 0) is 67.8 Å². The van der Waals surface area contributed by atoms with Crippen molar-refractivity contribution in [3.8, 4) is 0 Å². The van der Waals surface area contributed by atoms with E-state index in [9.17, 15) is 18.0 Å². The fourth-order valence-electron chi connectivity index (χ4n) is 3.17. The fourth-order valence-corrected chi connectivity index (χ4v) is 4.37.